The second-order valence-corrected chi connectivity index (χ2v) is 4.61. The fourth-order valence-corrected chi connectivity index (χ4v) is 2.20. The molecule has 0 radical (unpaired) electrons. The summed E-state index contributed by atoms with van der Waals surface area (Å²) in [4.78, 5) is 16.5. The number of rotatable bonds is 5. The van der Waals surface area contributed by atoms with E-state index in [1.54, 1.807) is 29.8 Å². The number of thiophene rings is 1. The van der Waals surface area contributed by atoms with Crippen LogP contribution in [0.25, 0.3) is 0 Å². The highest BCUT2D eigenvalue weighted by atomic mass is 32.1. The van der Waals surface area contributed by atoms with E-state index in [-0.39, 0.29) is 0 Å². The first-order valence-electron chi connectivity index (χ1n) is 5.22. The Labute approximate surface area is 103 Å². The fraction of sp³-hybridized carbons (Fsp3) is 0.167. The van der Waals surface area contributed by atoms with E-state index < -0.39 is 11.9 Å². The van der Waals surface area contributed by atoms with Crippen LogP contribution in [-0.2, 0) is 11.3 Å². The van der Waals surface area contributed by atoms with Crippen molar-refractivity contribution < 1.29 is 4.79 Å². The van der Waals surface area contributed by atoms with Crippen molar-refractivity contribution in [3.05, 3.63) is 52.5 Å². The van der Waals surface area contributed by atoms with Gasteiger partial charge in [0.25, 0.3) is 0 Å². The van der Waals surface area contributed by atoms with E-state index in [1.807, 2.05) is 23.6 Å². The van der Waals surface area contributed by atoms with Gasteiger partial charge in [0.15, 0.2) is 0 Å². The Bertz CT molecular complexity index is 470. The largest absolute Gasteiger partial charge is 0.368 e. The number of hydrogen-bond acceptors (Lipinski definition) is 4. The molecule has 0 bridgehead atoms. The Morgan fingerprint density at radius 3 is 2.94 bits per heavy atom. The number of hydrogen-bond donors (Lipinski definition) is 2. The Hall–Kier alpha value is -1.72. The number of nitrogens with zero attached hydrogens (tertiary/aromatic N) is 1. The van der Waals surface area contributed by atoms with Gasteiger partial charge in [0.1, 0.15) is 6.04 Å². The zero-order valence-electron chi connectivity index (χ0n) is 9.17. The molecule has 3 N–H and O–H groups in total. The molecular weight excluding hydrogens is 234 g/mol. The van der Waals surface area contributed by atoms with Gasteiger partial charge in [-0.05, 0) is 23.1 Å². The van der Waals surface area contributed by atoms with Crippen molar-refractivity contribution in [2.75, 3.05) is 0 Å². The summed E-state index contributed by atoms with van der Waals surface area (Å²) < 4.78 is 0. The molecule has 2 aromatic rings. The maximum absolute atomic E-state index is 11.4. The zero-order valence-corrected chi connectivity index (χ0v) is 9.98. The van der Waals surface area contributed by atoms with Gasteiger partial charge in [0, 0.05) is 23.8 Å². The van der Waals surface area contributed by atoms with Crippen molar-refractivity contribution in [3.63, 3.8) is 0 Å². The highest BCUT2D eigenvalue weighted by Gasteiger charge is 2.16. The SMILES string of the molecule is NC(=O)C(NCc1cccs1)c1cccnc1. The van der Waals surface area contributed by atoms with Crippen LogP contribution < -0.4 is 11.1 Å². The zero-order chi connectivity index (χ0) is 12.1. The number of aromatic nitrogens is 1. The van der Waals surface area contributed by atoms with Crippen LogP contribution in [0.4, 0.5) is 0 Å². The molecule has 0 aliphatic carbocycles. The molecule has 1 unspecified atom stereocenters. The number of nitrogens with one attached hydrogen (secondary N) is 1. The molecule has 5 heteroatoms. The molecule has 0 aromatic carbocycles. The number of primary amides is 1. The average molecular weight is 247 g/mol. The Morgan fingerprint density at radius 2 is 2.35 bits per heavy atom. The fourth-order valence-electron chi connectivity index (χ4n) is 1.55. The van der Waals surface area contributed by atoms with Crippen molar-refractivity contribution in [1.82, 2.24) is 10.3 Å². The lowest BCUT2D eigenvalue weighted by Crippen LogP contribution is -2.33. The summed E-state index contributed by atoms with van der Waals surface area (Å²) in [5.41, 5.74) is 6.17. The molecule has 2 aromatic heterocycles. The number of nitrogens with two attached hydrogens (primary N) is 1. The molecule has 0 aliphatic heterocycles. The van der Waals surface area contributed by atoms with Gasteiger partial charge in [0.05, 0.1) is 0 Å². The Kier molecular flexibility index (Phi) is 3.85. The summed E-state index contributed by atoms with van der Waals surface area (Å²) in [7, 11) is 0. The maximum Gasteiger partial charge on any atom is 0.239 e. The van der Waals surface area contributed by atoms with Gasteiger partial charge in [-0.3, -0.25) is 15.1 Å². The van der Waals surface area contributed by atoms with Crippen LogP contribution in [0.2, 0.25) is 0 Å². The molecule has 0 saturated carbocycles. The minimum Gasteiger partial charge on any atom is -0.368 e. The Morgan fingerprint density at radius 1 is 1.47 bits per heavy atom. The summed E-state index contributed by atoms with van der Waals surface area (Å²) in [6, 6.07) is 7.12. The predicted octanol–water partition coefficient (Wildman–Crippen LogP) is 1.46. The van der Waals surface area contributed by atoms with Gasteiger partial charge in [-0.1, -0.05) is 12.1 Å². The molecule has 4 nitrogen and oxygen atoms in total. The second-order valence-electron chi connectivity index (χ2n) is 3.58. The number of pyridine rings is 1. The van der Waals surface area contributed by atoms with Crippen LogP contribution in [0.5, 0.6) is 0 Å². The quantitative estimate of drug-likeness (QED) is 0.840. The first-order valence-corrected chi connectivity index (χ1v) is 6.10. The summed E-state index contributed by atoms with van der Waals surface area (Å²) in [5.74, 6) is -0.394. The minimum absolute atomic E-state index is 0.394. The Balaban J connectivity index is 2.06. The van der Waals surface area contributed by atoms with Gasteiger partial charge in [-0.25, -0.2) is 0 Å². The van der Waals surface area contributed by atoms with Crippen molar-refractivity contribution in [1.29, 1.82) is 0 Å². The summed E-state index contributed by atoms with van der Waals surface area (Å²) in [5, 5.41) is 5.13. The van der Waals surface area contributed by atoms with E-state index in [9.17, 15) is 4.79 Å². The van der Waals surface area contributed by atoms with Crippen molar-refractivity contribution in [2.24, 2.45) is 5.73 Å². The second kappa shape index (κ2) is 5.56. The van der Waals surface area contributed by atoms with Gasteiger partial charge in [-0.15, -0.1) is 11.3 Å². The topological polar surface area (TPSA) is 68.0 Å². The molecule has 1 atom stereocenters. The molecule has 2 rings (SSSR count). The summed E-state index contributed by atoms with van der Waals surface area (Å²) in [6.45, 7) is 0.625. The highest BCUT2D eigenvalue weighted by Crippen LogP contribution is 2.14. The molecule has 0 fully saturated rings. The van der Waals surface area contributed by atoms with Crippen LogP contribution in [0.1, 0.15) is 16.5 Å². The van der Waals surface area contributed by atoms with E-state index in [1.165, 1.54) is 4.88 Å². The standard InChI is InChI=1S/C12H13N3OS/c13-12(16)11(9-3-1-5-14-7-9)15-8-10-4-2-6-17-10/h1-7,11,15H,8H2,(H2,13,16). The molecule has 88 valence electrons. The van der Waals surface area contributed by atoms with Gasteiger partial charge >= 0.3 is 0 Å². The van der Waals surface area contributed by atoms with Crippen molar-refractivity contribution in [2.45, 2.75) is 12.6 Å². The number of carbonyl (C=O) groups excluding carboxylic acids is 1. The number of amides is 1. The van der Waals surface area contributed by atoms with Crippen molar-refractivity contribution in [3.8, 4) is 0 Å². The molecule has 0 saturated heterocycles. The third kappa shape index (κ3) is 3.12. The van der Waals surface area contributed by atoms with E-state index in [2.05, 4.69) is 10.3 Å². The molecule has 0 spiro atoms. The molecule has 0 aliphatic rings. The van der Waals surface area contributed by atoms with E-state index in [4.69, 9.17) is 5.73 Å². The van der Waals surface area contributed by atoms with Crippen LogP contribution in [0.15, 0.2) is 42.0 Å². The van der Waals surface area contributed by atoms with Crippen LogP contribution in [0, 0.1) is 0 Å². The first-order chi connectivity index (χ1) is 8.27. The van der Waals surface area contributed by atoms with Gasteiger partial charge in [0.2, 0.25) is 5.91 Å². The van der Waals surface area contributed by atoms with Gasteiger partial charge in [-0.2, -0.15) is 0 Å². The van der Waals surface area contributed by atoms with Crippen LogP contribution >= 0.6 is 11.3 Å². The maximum atomic E-state index is 11.4. The molecule has 17 heavy (non-hydrogen) atoms. The van der Waals surface area contributed by atoms with Crippen LogP contribution in [0.3, 0.4) is 0 Å². The summed E-state index contributed by atoms with van der Waals surface area (Å²) >= 11 is 1.64. The highest BCUT2D eigenvalue weighted by molar-refractivity contribution is 7.09. The average Bonchev–Trinajstić information content (AvgIpc) is 2.83. The third-order valence-electron chi connectivity index (χ3n) is 2.36. The monoisotopic (exact) mass is 247 g/mol. The van der Waals surface area contributed by atoms with E-state index in [0.717, 1.165) is 5.56 Å². The number of carbonyl (C=O) groups is 1. The normalized spacial score (nSPS) is 12.2. The minimum atomic E-state index is -0.495. The van der Waals surface area contributed by atoms with Gasteiger partial charge < -0.3 is 5.73 Å². The molecule has 2 heterocycles. The summed E-state index contributed by atoms with van der Waals surface area (Å²) in [6.07, 6.45) is 3.32. The van der Waals surface area contributed by atoms with Crippen LogP contribution in [-0.4, -0.2) is 10.9 Å². The van der Waals surface area contributed by atoms with E-state index >= 15 is 0 Å². The first kappa shape index (κ1) is 11.8. The lowest BCUT2D eigenvalue weighted by atomic mass is 10.1. The molecular formula is C12H13N3OS. The van der Waals surface area contributed by atoms with E-state index in [0.29, 0.717) is 6.54 Å². The molecule has 1 amide bonds. The predicted molar refractivity (Wildman–Crippen MR) is 67.3 cm³/mol. The lowest BCUT2D eigenvalue weighted by Gasteiger charge is -2.14. The lowest BCUT2D eigenvalue weighted by molar-refractivity contribution is -0.120. The smallest absolute Gasteiger partial charge is 0.239 e. The van der Waals surface area contributed by atoms with Crippen molar-refractivity contribution >= 4 is 17.2 Å². The third-order valence-corrected chi connectivity index (χ3v) is 3.24.